The van der Waals surface area contributed by atoms with Gasteiger partial charge in [0.1, 0.15) is 0 Å². The van der Waals surface area contributed by atoms with Gasteiger partial charge in [0.2, 0.25) is 5.91 Å². The molecule has 2 heterocycles. The molecule has 0 aromatic rings. The smallest absolute Gasteiger partial charge is 0.225 e. The van der Waals surface area contributed by atoms with E-state index >= 15 is 0 Å². The van der Waals surface area contributed by atoms with Crippen molar-refractivity contribution >= 4 is 5.91 Å². The zero-order valence-electron chi connectivity index (χ0n) is 10.5. The van der Waals surface area contributed by atoms with E-state index in [1.165, 1.54) is 0 Å². The van der Waals surface area contributed by atoms with Gasteiger partial charge in [-0.15, -0.1) is 0 Å². The summed E-state index contributed by atoms with van der Waals surface area (Å²) in [5, 5.41) is 0. The largest absolute Gasteiger partial charge is 0.341 e. The summed E-state index contributed by atoms with van der Waals surface area (Å²) in [5.41, 5.74) is 5.93. The van der Waals surface area contributed by atoms with Crippen LogP contribution in [0.4, 0.5) is 0 Å². The molecule has 0 spiro atoms. The predicted molar refractivity (Wildman–Crippen MR) is 66.5 cm³/mol. The maximum atomic E-state index is 12.0. The molecule has 3 fully saturated rings. The van der Waals surface area contributed by atoms with Gasteiger partial charge in [0.25, 0.3) is 0 Å². The Hall–Kier alpha value is -0.610. The topological polar surface area (TPSA) is 49.6 Å². The summed E-state index contributed by atoms with van der Waals surface area (Å²) in [7, 11) is 0. The van der Waals surface area contributed by atoms with Gasteiger partial charge in [-0.25, -0.2) is 0 Å². The Morgan fingerprint density at radius 1 is 1.00 bits per heavy atom. The first-order chi connectivity index (χ1) is 8.24. The first-order valence-electron chi connectivity index (χ1n) is 7.02. The van der Waals surface area contributed by atoms with Gasteiger partial charge in [-0.05, 0) is 45.2 Å². The lowest BCUT2D eigenvalue weighted by Crippen LogP contribution is -2.46. The zero-order chi connectivity index (χ0) is 11.8. The molecule has 2 aliphatic heterocycles. The van der Waals surface area contributed by atoms with Crippen LogP contribution in [0.5, 0.6) is 0 Å². The van der Waals surface area contributed by atoms with Gasteiger partial charge in [-0.3, -0.25) is 9.69 Å². The van der Waals surface area contributed by atoms with E-state index in [0.717, 1.165) is 58.3 Å². The second-order valence-corrected chi connectivity index (χ2v) is 5.87. The van der Waals surface area contributed by atoms with E-state index in [0.29, 0.717) is 23.9 Å². The first-order valence-corrected chi connectivity index (χ1v) is 7.02. The van der Waals surface area contributed by atoms with Gasteiger partial charge in [0.05, 0.1) is 0 Å². The quantitative estimate of drug-likeness (QED) is 0.757. The molecular formula is C13H23N3O. The number of hydrogen-bond donors (Lipinski definition) is 1. The lowest BCUT2D eigenvalue weighted by molar-refractivity contribution is -0.131. The highest BCUT2D eigenvalue weighted by Gasteiger charge is 2.38. The lowest BCUT2D eigenvalue weighted by atomic mass is 10.0. The third kappa shape index (κ3) is 2.47. The molecule has 3 rings (SSSR count). The molecule has 0 aromatic carbocycles. The van der Waals surface area contributed by atoms with Crippen molar-refractivity contribution in [3.05, 3.63) is 0 Å². The number of nitrogens with two attached hydrogens (primary N) is 1. The van der Waals surface area contributed by atoms with Gasteiger partial charge in [-0.2, -0.15) is 0 Å². The van der Waals surface area contributed by atoms with Crippen LogP contribution in [0, 0.1) is 5.92 Å². The molecule has 1 amide bonds. The van der Waals surface area contributed by atoms with E-state index in [2.05, 4.69) is 9.80 Å². The second-order valence-electron chi connectivity index (χ2n) is 5.87. The second kappa shape index (κ2) is 4.58. The maximum Gasteiger partial charge on any atom is 0.225 e. The maximum absolute atomic E-state index is 12.0. The van der Waals surface area contributed by atoms with Crippen LogP contribution in [-0.4, -0.2) is 54.0 Å². The summed E-state index contributed by atoms with van der Waals surface area (Å²) >= 11 is 0. The number of likely N-dealkylation sites (tertiary alicyclic amines) is 2. The van der Waals surface area contributed by atoms with E-state index in [1.54, 1.807) is 0 Å². The van der Waals surface area contributed by atoms with Crippen LogP contribution in [-0.2, 0) is 4.79 Å². The van der Waals surface area contributed by atoms with Gasteiger partial charge < -0.3 is 10.6 Å². The Morgan fingerprint density at radius 3 is 2.35 bits per heavy atom. The van der Waals surface area contributed by atoms with Crippen molar-refractivity contribution in [1.82, 2.24) is 9.80 Å². The minimum atomic E-state index is 0.378. The third-order valence-corrected chi connectivity index (χ3v) is 4.49. The molecule has 1 aliphatic carbocycles. The highest BCUT2D eigenvalue weighted by molar-refractivity contribution is 5.81. The molecule has 0 bridgehead atoms. The van der Waals surface area contributed by atoms with Crippen LogP contribution >= 0.6 is 0 Å². The summed E-state index contributed by atoms with van der Waals surface area (Å²) in [6.45, 7) is 4.18. The summed E-state index contributed by atoms with van der Waals surface area (Å²) < 4.78 is 0. The molecular weight excluding hydrogens is 214 g/mol. The number of hydrogen-bond acceptors (Lipinski definition) is 3. The Morgan fingerprint density at radius 2 is 1.71 bits per heavy atom. The van der Waals surface area contributed by atoms with E-state index in [-0.39, 0.29) is 0 Å². The van der Waals surface area contributed by atoms with Crippen LogP contribution in [0.25, 0.3) is 0 Å². The minimum Gasteiger partial charge on any atom is -0.341 e. The Kier molecular flexibility index (Phi) is 3.09. The molecule has 2 N–H and O–H groups in total. The average Bonchev–Trinajstić information content (AvgIpc) is 3.07. The van der Waals surface area contributed by atoms with E-state index in [9.17, 15) is 4.79 Å². The van der Waals surface area contributed by atoms with Crippen LogP contribution in [0.3, 0.4) is 0 Å². The molecule has 0 aromatic heterocycles. The lowest BCUT2D eigenvalue weighted by Gasteiger charge is -2.34. The fourth-order valence-electron chi connectivity index (χ4n) is 3.11. The van der Waals surface area contributed by atoms with Gasteiger partial charge in [-0.1, -0.05) is 0 Å². The van der Waals surface area contributed by atoms with E-state index < -0.39 is 0 Å². The van der Waals surface area contributed by atoms with Crippen molar-refractivity contribution in [3.63, 3.8) is 0 Å². The van der Waals surface area contributed by atoms with Crippen molar-refractivity contribution in [2.45, 2.75) is 44.2 Å². The van der Waals surface area contributed by atoms with E-state index in [1.807, 2.05) is 0 Å². The standard InChI is InChI=1S/C13H23N3O/c14-11-3-6-15(7-4-11)12-5-8-16(9-12)13(17)10-1-2-10/h10-12H,1-9,14H2. The SMILES string of the molecule is NC1CCN(C2CCN(C(=O)C3CC3)C2)CC1. The van der Waals surface area contributed by atoms with Gasteiger partial charge in [0, 0.05) is 31.1 Å². The highest BCUT2D eigenvalue weighted by atomic mass is 16.2. The number of piperidine rings is 1. The summed E-state index contributed by atoms with van der Waals surface area (Å²) in [6.07, 6.45) is 5.64. The molecule has 0 radical (unpaired) electrons. The summed E-state index contributed by atoms with van der Waals surface area (Å²) in [4.78, 5) is 16.6. The molecule has 4 nitrogen and oxygen atoms in total. The molecule has 96 valence electrons. The molecule has 17 heavy (non-hydrogen) atoms. The van der Waals surface area contributed by atoms with Gasteiger partial charge >= 0.3 is 0 Å². The summed E-state index contributed by atoms with van der Waals surface area (Å²) in [5.74, 6) is 0.796. The first kappa shape index (κ1) is 11.5. The molecule has 2 saturated heterocycles. The van der Waals surface area contributed by atoms with Crippen molar-refractivity contribution in [2.75, 3.05) is 26.2 Å². The zero-order valence-corrected chi connectivity index (χ0v) is 10.5. The fourth-order valence-corrected chi connectivity index (χ4v) is 3.11. The number of carbonyl (C=O) groups is 1. The normalized spacial score (nSPS) is 32.1. The van der Waals surface area contributed by atoms with Crippen molar-refractivity contribution in [1.29, 1.82) is 0 Å². The summed E-state index contributed by atoms with van der Waals surface area (Å²) in [6, 6.07) is 1.00. The highest BCUT2D eigenvalue weighted by Crippen LogP contribution is 2.32. The predicted octanol–water partition coefficient (Wildman–Crippen LogP) is 0.420. The monoisotopic (exact) mass is 237 g/mol. The van der Waals surface area contributed by atoms with Crippen molar-refractivity contribution in [2.24, 2.45) is 11.7 Å². The van der Waals surface area contributed by atoms with E-state index in [4.69, 9.17) is 5.73 Å². The van der Waals surface area contributed by atoms with Crippen molar-refractivity contribution < 1.29 is 4.79 Å². The third-order valence-electron chi connectivity index (χ3n) is 4.49. The molecule has 3 aliphatic rings. The number of rotatable bonds is 2. The number of carbonyl (C=O) groups excluding carboxylic acids is 1. The van der Waals surface area contributed by atoms with Crippen LogP contribution < -0.4 is 5.73 Å². The van der Waals surface area contributed by atoms with Crippen LogP contribution in [0.15, 0.2) is 0 Å². The minimum absolute atomic E-state index is 0.378. The Labute approximate surface area is 103 Å². The molecule has 1 unspecified atom stereocenters. The molecule has 1 saturated carbocycles. The fraction of sp³-hybridized carbons (Fsp3) is 0.923. The number of nitrogens with zero attached hydrogens (tertiary/aromatic N) is 2. The van der Waals surface area contributed by atoms with Crippen molar-refractivity contribution in [3.8, 4) is 0 Å². The molecule has 4 heteroatoms. The Balaban J connectivity index is 1.51. The number of amides is 1. The molecule has 1 atom stereocenters. The Bertz CT molecular complexity index is 295. The van der Waals surface area contributed by atoms with Crippen LogP contribution in [0.1, 0.15) is 32.1 Å². The van der Waals surface area contributed by atoms with Crippen LogP contribution in [0.2, 0.25) is 0 Å². The van der Waals surface area contributed by atoms with Gasteiger partial charge in [0.15, 0.2) is 0 Å². The average molecular weight is 237 g/mol.